The van der Waals surface area contributed by atoms with Crippen LogP contribution in [0.3, 0.4) is 0 Å². The number of amides is 1. The van der Waals surface area contributed by atoms with Crippen LogP contribution in [0, 0.1) is 5.92 Å². The van der Waals surface area contributed by atoms with Gasteiger partial charge in [0.1, 0.15) is 5.82 Å². The zero-order valence-corrected chi connectivity index (χ0v) is 11.7. The van der Waals surface area contributed by atoms with E-state index in [1.54, 1.807) is 6.20 Å². The second-order valence-corrected chi connectivity index (χ2v) is 5.30. The second kappa shape index (κ2) is 6.60. The molecule has 2 heterocycles. The first-order valence-electron chi connectivity index (χ1n) is 6.28. The van der Waals surface area contributed by atoms with Crippen LogP contribution in [-0.2, 0) is 0 Å². The van der Waals surface area contributed by atoms with Gasteiger partial charge < -0.3 is 15.3 Å². The van der Waals surface area contributed by atoms with Gasteiger partial charge in [-0.25, -0.2) is 14.8 Å². The molecular formula is C12H18N4O2S. The average Bonchev–Trinajstić information content (AvgIpc) is 2.46. The molecule has 2 N–H and O–H groups in total. The molecule has 0 radical (unpaired) electrons. The molecule has 1 amide bonds. The van der Waals surface area contributed by atoms with Crippen LogP contribution in [0.4, 0.5) is 10.6 Å². The number of carbonyl (C=O) groups is 1. The standard InChI is InChI=1S/C12H18N4O2S/c1-19-11-13-5-2-10(15-11)14-8-9-3-6-16(7-4-9)12(17)18/h2,5,9H,3-4,6-8H2,1H3,(H,17,18)(H,13,14,15). The molecule has 1 aliphatic rings. The van der Waals surface area contributed by atoms with Gasteiger partial charge in [-0.05, 0) is 31.1 Å². The molecule has 1 aromatic rings. The van der Waals surface area contributed by atoms with E-state index in [9.17, 15) is 4.79 Å². The maximum Gasteiger partial charge on any atom is 0.407 e. The molecule has 0 aliphatic carbocycles. The minimum Gasteiger partial charge on any atom is -0.465 e. The number of piperidine rings is 1. The summed E-state index contributed by atoms with van der Waals surface area (Å²) in [5.41, 5.74) is 0. The fourth-order valence-corrected chi connectivity index (χ4v) is 2.47. The highest BCUT2D eigenvalue weighted by molar-refractivity contribution is 7.98. The van der Waals surface area contributed by atoms with Crippen LogP contribution < -0.4 is 5.32 Å². The number of thioether (sulfide) groups is 1. The van der Waals surface area contributed by atoms with Gasteiger partial charge in [0.25, 0.3) is 0 Å². The fourth-order valence-electron chi connectivity index (χ4n) is 2.11. The Hall–Kier alpha value is -1.50. The van der Waals surface area contributed by atoms with Gasteiger partial charge in [-0.2, -0.15) is 0 Å². The summed E-state index contributed by atoms with van der Waals surface area (Å²) in [7, 11) is 0. The molecule has 6 nitrogen and oxygen atoms in total. The zero-order valence-electron chi connectivity index (χ0n) is 10.9. The molecule has 104 valence electrons. The number of nitrogens with zero attached hydrogens (tertiary/aromatic N) is 3. The molecule has 0 unspecified atom stereocenters. The molecule has 2 rings (SSSR count). The summed E-state index contributed by atoms with van der Waals surface area (Å²) in [5.74, 6) is 1.34. The van der Waals surface area contributed by atoms with Crippen molar-refractivity contribution in [2.24, 2.45) is 5.92 Å². The van der Waals surface area contributed by atoms with Crippen molar-refractivity contribution in [3.63, 3.8) is 0 Å². The van der Waals surface area contributed by atoms with Gasteiger partial charge in [0.05, 0.1) is 0 Å². The summed E-state index contributed by atoms with van der Waals surface area (Å²) in [6, 6.07) is 1.85. The molecule has 0 atom stereocenters. The highest BCUT2D eigenvalue weighted by Gasteiger charge is 2.21. The number of likely N-dealkylation sites (tertiary alicyclic amines) is 1. The minimum absolute atomic E-state index is 0.503. The molecule has 1 fully saturated rings. The SMILES string of the molecule is CSc1nccc(NCC2CCN(C(=O)O)CC2)n1. The monoisotopic (exact) mass is 282 g/mol. The topological polar surface area (TPSA) is 78.4 Å². The van der Waals surface area contributed by atoms with E-state index in [2.05, 4.69) is 15.3 Å². The summed E-state index contributed by atoms with van der Waals surface area (Å²) in [6.45, 7) is 2.08. The summed E-state index contributed by atoms with van der Waals surface area (Å²) in [6.07, 6.45) is 4.68. The highest BCUT2D eigenvalue weighted by Crippen LogP contribution is 2.18. The van der Waals surface area contributed by atoms with E-state index in [0.29, 0.717) is 19.0 Å². The van der Waals surface area contributed by atoms with E-state index in [4.69, 9.17) is 5.11 Å². The van der Waals surface area contributed by atoms with Crippen molar-refractivity contribution in [1.29, 1.82) is 0 Å². The lowest BCUT2D eigenvalue weighted by Crippen LogP contribution is -2.39. The number of hydrogen-bond donors (Lipinski definition) is 2. The number of anilines is 1. The minimum atomic E-state index is -0.813. The molecular weight excluding hydrogens is 264 g/mol. The van der Waals surface area contributed by atoms with Crippen LogP contribution in [-0.4, -0.2) is 52.0 Å². The molecule has 0 bridgehead atoms. The van der Waals surface area contributed by atoms with Crippen LogP contribution in [0.5, 0.6) is 0 Å². The van der Waals surface area contributed by atoms with Crippen molar-refractivity contribution >= 4 is 23.7 Å². The van der Waals surface area contributed by atoms with Crippen molar-refractivity contribution in [3.05, 3.63) is 12.3 Å². The number of hydrogen-bond acceptors (Lipinski definition) is 5. The normalized spacial score (nSPS) is 16.4. The van der Waals surface area contributed by atoms with E-state index >= 15 is 0 Å². The first-order valence-corrected chi connectivity index (χ1v) is 7.50. The third-order valence-electron chi connectivity index (χ3n) is 3.27. The molecule has 1 aromatic heterocycles. The molecule has 0 aromatic carbocycles. The zero-order chi connectivity index (χ0) is 13.7. The Labute approximate surface area is 116 Å². The van der Waals surface area contributed by atoms with Crippen molar-refractivity contribution in [1.82, 2.24) is 14.9 Å². The Kier molecular flexibility index (Phi) is 4.84. The molecule has 0 saturated carbocycles. The van der Waals surface area contributed by atoms with Crippen LogP contribution in [0.15, 0.2) is 17.4 Å². The quantitative estimate of drug-likeness (QED) is 0.649. The van der Waals surface area contributed by atoms with E-state index in [1.165, 1.54) is 16.7 Å². The van der Waals surface area contributed by atoms with Gasteiger partial charge in [-0.1, -0.05) is 11.8 Å². The predicted molar refractivity (Wildman–Crippen MR) is 74.6 cm³/mol. The van der Waals surface area contributed by atoms with Gasteiger partial charge >= 0.3 is 6.09 Å². The highest BCUT2D eigenvalue weighted by atomic mass is 32.2. The van der Waals surface area contributed by atoms with E-state index in [1.807, 2.05) is 12.3 Å². The van der Waals surface area contributed by atoms with Crippen LogP contribution >= 0.6 is 11.8 Å². The predicted octanol–water partition coefficient (Wildman–Crippen LogP) is 2.00. The number of nitrogens with one attached hydrogen (secondary N) is 1. The second-order valence-electron chi connectivity index (χ2n) is 4.52. The van der Waals surface area contributed by atoms with Gasteiger partial charge in [0.2, 0.25) is 0 Å². The van der Waals surface area contributed by atoms with Crippen molar-refractivity contribution < 1.29 is 9.90 Å². The Morgan fingerprint density at radius 1 is 1.58 bits per heavy atom. The van der Waals surface area contributed by atoms with E-state index in [0.717, 1.165) is 30.4 Å². The van der Waals surface area contributed by atoms with Crippen LogP contribution in [0.2, 0.25) is 0 Å². The summed E-state index contributed by atoms with van der Waals surface area (Å²) in [4.78, 5) is 20.8. The number of rotatable bonds is 4. The van der Waals surface area contributed by atoms with Gasteiger partial charge in [-0.15, -0.1) is 0 Å². The third kappa shape index (κ3) is 3.99. The Balaban J connectivity index is 1.78. The molecule has 1 aliphatic heterocycles. The fraction of sp³-hybridized carbons (Fsp3) is 0.583. The van der Waals surface area contributed by atoms with Gasteiger partial charge in [0.15, 0.2) is 5.16 Å². The summed E-state index contributed by atoms with van der Waals surface area (Å²) < 4.78 is 0. The Morgan fingerprint density at radius 3 is 2.95 bits per heavy atom. The van der Waals surface area contributed by atoms with E-state index in [-0.39, 0.29) is 0 Å². The van der Waals surface area contributed by atoms with Gasteiger partial charge in [-0.3, -0.25) is 0 Å². The maximum absolute atomic E-state index is 10.8. The lowest BCUT2D eigenvalue weighted by molar-refractivity contribution is 0.126. The van der Waals surface area contributed by atoms with Crippen molar-refractivity contribution in [2.75, 3.05) is 31.2 Å². The molecule has 1 saturated heterocycles. The molecule has 19 heavy (non-hydrogen) atoms. The first-order chi connectivity index (χ1) is 9.19. The van der Waals surface area contributed by atoms with Crippen molar-refractivity contribution in [2.45, 2.75) is 18.0 Å². The summed E-state index contributed by atoms with van der Waals surface area (Å²) in [5, 5.41) is 12.9. The van der Waals surface area contributed by atoms with Crippen LogP contribution in [0.1, 0.15) is 12.8 Å². The average molecular weight is 282 g/mol. The molecule has 0 spiro atoms. The Bertz CT molecular complexity index is 435. The third-order valence-corrected chi connectivity index (χ3v) is 3.83. The lowest BCUT2D eigenvalue weighted by Gasteiger charge is -2.30. The maximum atomic E-state index is 10.8. The van der Waals surface area contributed by atoms with Crippen LogP contribution in [0.25, 0.3) is 0 Å². The number of aromatic nitrogens is 2. The smallest absolute Gasteiger partial charge is 0.407 e. The lowest BCUT2D eigenvalue weighted by atomic mass is 9.97. The largest absolute Gasteiger partial charge is 0.465 e. The first kappa shape index (κ1) is 13.9. The molecule has 7 heteroatoms. The summed E-state index contributed by atoms with van der Waals surface area (Å²) >= 11 is 1.51. The van der Waals surface area contributed by atoms with E-state index < -0.39 is 6.09 Å². The number of carboxylic acid groups (broad SMARTS) is 1. The van der Waals surface area contributed by atoms with Gasteiger partial charge in [0, 0.05) is 25.8 Å². The van der Waals surface area contributed by atoms with Crippen molar-refractivity contribution in [3.8, 4) is 0 Å². The Morgan fingerprint density at radius 2 is 2.32 bits per heavy atom.